The highest BCUT2D eigenvalue weighted by Crippen LogP contribution is 2.20. The van der Waals surface area contributed by atoms with Gasteiger partial charge in [-0.3, -0.25) is 4.79 Å². The van der Waals surface area contributed by atoms with Crippen molar-refractivity contribution in [2.75, 3.05) is 11.9 Å². The number of benzene rings is 1. The summed E-state index contributed by atoms with van der Waals surface area (Å²) >= 11 is 0. The van der Waals surface area contributed by atoms with Gasteiger partial charge in [-0.05, 0) is 37.8 Å². The van der Waals surface area contributed by atoms with Crippen LogP contribution in [0, 0.1) is 11.8 Å². The molecule has 118 valence electrons. The third kappa shape index (κ3) is 6.17. The number of hydrogen-bond acceptors (Lipinski definition) is 3. The van der Waals surface area contributed by atoms with E-state index in [1.165, 1.54) is 0 Å². The Kier molecular flexibility index (Phi) is 7.23. The van der Waals surface area contributed by atoms with E-state index in [9.17, 15) is 4.79 Å². The molecule has 0 fully saturated rings. The Morgan fingerprint density at radius 3 is 2.62 bits per heavy atom. The Labute approximate surface area is 128 Å². The lowest BCUT2D eigenvalue weighted by molar-refractivity contribution is -0.120. The number of carbonyl (C=O) groups is 1. The smallest absolute Gasteiger partial charge is 0.228 e. The zero-order valence-electron chi connectivity index (χ0n) is 13.6. The van der Waals surface area contributed by atoms with E-state index < -0.39 is 0 Å². The van der Waals surface area contributed by atoms with Gasteiger partial charge in [0.1, 0.15) is 5.75 Å². The number of ether oxygens (including phenoxy) is 1. The van der Waals surface area contributed by atoms with Crippen molar-refractivity contribution >= 4 is 11.6 Å². The second kappa shape index (κ2) is 8.67. The normalized spacial score (nSPS) is 13.8. The minimum atomic E-state index is -0.149. The molecular weight excluding hydrogens is 264 g/mol. The van der Waals surface area contributed by atoms with E-state index in [-0.39, 0.29) is 17.9 Å². The van der Waals surface area contributed by atoms with Crippen LogP contribution < -0.4 is 15.8 Å². The zero-order chi connectivity index (χ0) is 15.8. The molecule has 0 saturated heterocycles. The molecule has 1 aromatic carbocycles. The number of hydrogen-bond donors (Lipinski definition) is 2. The Bertz CT molecular complexity index is 446. The molecule has 3 N–H and O–H groups in total. The Balaban J connectivity index is 2.69. The summed E-state index contributed by atoms with van der Waals surface area (Å²) in [5.41, 5.74) is 6.46. The van der Waals surface area contributed by atoms with Gasteiger partial charge in [0.2, 0.25) is 5.91 Å². The standard InChI is InChI=1S/C17H28N2O2/c1-5-13(4)21-16-8-6-7-15(10-16)19-17(20)14(11-18)9-12(2)3/h6-8,10,12-14H,5,9,11,18H2,1-4H3,(H,19,20). The number of anilines is 1. The second-order valence-corrected chi connectivity index (χ2v) is 5.92. The van der Waals surface area contributed by atoms with Crippen molar-refractivity contribution in [3.63, 3.8) is 0 Å². The van der Waals surface area contributed by atoms with Crippen LogP contribution in [-0.2, 0) is 4.79 Å². The van der Waals surface area contributed by atoms with E-state index in [4.69, 9.17) is 10.5 Å². The van der Waals surface area contributed by atoms with Crippen LogP contribution >= 0.6 is 0 Å². The highest BCUT2D eigenvalue weighted by atomic mass is 16.5. The molecule has 21 heavy (non-hydrogen) atoms. The molecule has 0 bridgehead atoms. The molecule has 0 heterocycles. The average molecular weight is 292 g/mol. The van der Waals surface area contributed by atoms with Crippen molar-refractivity contribution in [3.05, 3.63) is 24.3 Å². The van der Waals surface area contributed by atoms with Gasteiger partial charge in [0.05, 0.1) is 12.0 Å². The number of nitrogens with two attached hydrogens (primary N) is 1. The van der Waals surface area contributed by atoms with Crippen molar-refractivity contribution in [2.24, 2.45) is 17.6 Å². The van der Waals surface area contributed by atoms with Crippen molar-refractivity contribution in [1.29, 1.82) is 0 Å². The minimum absolute atomic E-state index is 0.0214. The number of amides is 1. The van der Waals surface area contributed by atoms with Crippen molar-refractivity contribution in [3.8, 4) is 5.75 Å². The maximum absolute atomic E-state index is 12.2. The van der Waals surface area contributed by atoms with E-state index in [2.05, 4.69) is 26.1 Å². The first-order chi connectivity index (χ1) is 9.96. The fourth-order valence-electron chi connectivity index (χ4n) is 2.09. The summed E-state index contributed by atoms with van der Waals surface area (Å²) in [6.45, 7) is 8.66. The summed E-state index contributed by atoms with van der Waals surface area (Å²) in [5.74, 6) is 1.05. The summed E-state index contributed by atoms with van der Waals surface area (Å²) in [4.78, 5) is 12.2. The van der Waals surface area contributed by atoms with Gasteiger partial charge in [-0.15, -0.1) is 0 Å². The van der Waals surface area contributed by atoms with Crippen LogP contribution in [0.2, 0.25) is 0 Å². The number of nitrogens with one attached hydrogen (secondary N) is 1. The predicted octanol–water partition coefficient (Wildman–Crippen LogP) is 3.42. The molecule has 1 aromatic rings. The zero-order valence-corrected chi connectivity index (χ0v) is 13.6. The molecule has 0 saturated carbocycles. The van der Waals surface area contributed by atoms with Gasteiger partial charge in [0.15, 0.2) is 0 Å². The number of carbonyl (C=O) groups excluding carboxylic acids is 1. The molecule has 0 aliphatic heterocycles. The largest absolute Gasteiger partial charge is 0.491 e. The first-order valence-corrected chi connectivity index (χ1v) is 7.73. The van der Waals surface area contributed by atoms with E-state index in [1.54, 1.807) is 0 Å². The van der Waals surface area contributed by atoms with E-state index in [0.29, 0.717) is 12.5 Å². The maximum atomic E-state index is 12.2. The first-order valence-electron chi connectivity index (χ1n) is 7.73. The predicted molar refractivity (Wildman–Crippen MR) is 87.5 cm³/mol. The van der Waals surface area contributed by atoms with Crippen LogP contribution in [0.15, 0.2) is 24.3 Å². The molecule has 2 atom stereocenters. The third-order valence-corrected chi connectivity index (χ3v) is 3.42. The third-order valence-electron chi connectivity index (χ3n) is 3.42. The van der Waals surface area contributed by atoms with Crippen molar-refractivity contribution in [1.82, 2.24) is 0 Å². The number of rotatable bonds is 8. The monoisotopic (exact) mass is 292 g/mol. The summed E-state index contributed by atoms with van der Waals surface area (Å²) in [7, 11) is 0. The Morgan fingerprint density at radius 1 is 1.33 bits per heavy atom. The lowest BCUT2D eigenvalue weighted by Gasteiger charge is -2.18. The summed E-state index contributed by atoms with van der Waals surface area (Å²) < 4.78 is 5.76. The van der Waals surface area contributed by atoms with E-state index in [1.807, 2.05) is 31.2 Å². The molecule has 1 rings (SSSR count). The second-order valence-electron chi connectivity index (χ2n) is 5.92. The lowest BCUT2D eigenvalue weighted by Crippen LogP contribution is -2.30. The first kappa shape index (κ1) is 17.5. The highest BCUT2D eigenvalue weighted by molar-refractivity contribution is 5.92. The molecule has 2 unspecified atom stereocenters. The average Bonchev–Trinajstić information content (AvgIpc) is 2.44. The molecule has 0 spiro atoms. The van der Waals surface area contributed by atoms with Gasteiger partial charge in [0, 0.05) is 18.3 Å². The quantitative estimate of drug-likeness (QED) is 0.771. The van der Waals surface area contributed by atoms with Crippen LogP contribution in [0.4, 0.5) is 5.69 Å². The van der Waals surface area contributed by atoms with Crippen LogP contribution in [0.3, 0.4) is 0 Å². The minimum Gasteiger partial charge on any atom is -0.491 e. The van der Waals surface area contributed by atoms with Gasteiger partial charge >= 0.3 is 0 Å². The molecule has 0 aliphatic rings. The van der Waals surface area contributed by atoms with Crippen LogP contribution in [0.5, 0.6) is 5.75 Å². The molecule has 0 aliphatic carbocycles. The lowest BCUT2D eigenvalue weighted by atomic mass is 9.96. The molecular formula is C17H28N2O2. The summed E-state index contributed by atoms with van der Waals surface area (Å²) in [5, 5.41) is 2.93. The van der Waals surface area contributed by atoms with Gasteiger partial charge in [0.25, 0.3) is 0 Å². The summed E-state index contributed by atoms with van der Waals surface area (Å²) in [6, 6.07) is 7.50. The molecule has 4 heteroatoms. The van der Waals surface area contributed by atoms with Crippen LogP contribution in [0.25, 0.3) is 0 Å². The molecule has 4 nitrogen and oxygen atoms in total. The van der Waals surface area contributed by atoms with E-state index in [0.717, 1.165) is 24.3 Å². The van der Waals surface area contributed by atoms with Gasteiger partial charge in [-0.1, -0.05) is 26.8 Å². The summed E-state index contributed by atoms with van der Waals surface area (Å²) in [6.07, 6.45) is 1.90. The van der Waals surface area contributed by atoms with Crippen molar-refractivity contribution in [2.45, 2.75) is 46.6 Å². The van der Waals surface area contributed by atoms with Crippen molar-refractivity contribution < 1.29 is 9.53 Å². The Hall–Kier alpha value is -1.55. The maximum Gasteiger partial charge on any atom is 0.228 e. The fourth-order valence-corrected chi connectivity index (χ4v) is 2.09. The van der Waals surface area contributed by atoms with Gasteiger partial charge in [-0.25, -0.2) is 0 Å². The molecule has 0 aromatic heterocycles. The van der Waals surface area contributed by atoms with E-state index >= 15 is 0 Å². The highest BCUT2D eigenvalue weighted by Gasteiger charge is 2.18. The van der Waals surface area contributed by atoms with Crippen LogP contribution in [0.1, 0.15) is 40.5 Å². The van der Waals surface area contributed by atoms with Crippen LogP contribution in [-0.4, -0.2) is 18.6 Å². The molecule has 1 amide bonds. The SMILES string of the molecule is CCC(C)Oc1cccc(NC(=O)C(CN)CC(C)C)c1. The Morgan fingerprint density at radius 2 is 2.05 bits per heavy atom. The fraction of sp³-hybridized carbons (Fsp3) is 0.588. The van der Waals surface area contributed by atoms with Gasteiger partial charge < -0.3 is 15.8 Å². The topological polar surface area (TPSA) is 64.3 Å². The van der Waals surface area contributed by atoms with Gasteiger partial charge in [-0.2, -0.15) is 0 Å². The molecule has 0 radical (unpaired) electrons.